The molecule has 1 atom stereocenters. The minimum absolute atomic E-state index is 0.171. The van der Waals surface area contributed by atoms with E-state index in [4.69, 9.17) is 11.6 Å². The highest BCUT2D eigenvalue weighted by Gasteiger charge is 2.37. The van der Waals surface area contributed by atoms with Crippen LogP contribution in [0.5, 0.6) is 0 Å². The first kappa shape index (κ1) is 16.3. The van der Waals surface area contributed by atoms with Gasteiger partial charge in [-0.25, -0.2) is 13.1 Å². The van der Waals surface area contributed by atoms with Gasteiger partial charge in [0, 0.05) is 11.1 Å². The Morgan fingerprint density at radius 3 is 2.42 bits per heavy atom. The summed E-state index contributed by atoms with van der Waals surface area (Å²) < 4.78 is 64.5. The van der Waals surface area contributed by atoms with E-state index in [0.717, 1.165) is 12.1 Å². The molecule has 0 saturated carbocycles. The van der Waals surface area contributed by atoms with Crippen LogP contribution >= 0.6 is 11.6 Å². The molecular weight excluding hydrogens is 303 g/mol. The van der Waals surface area contributed by atoms with Crippen molar-refractivity contribution in [2.24, 2.45) is 0 Å². The number of hydrogen-bond donors (Lipinski definition) is 1. The van der Waals surface area contributed by atoms with Crippen molar-refractivity contribution in [1.82, 2.24) is 4.72 Å². The maximum atomic E-state index is 12.8. The average molecular weight is 316 g/mol. The minimum atomic E-state index is -4.79. The average Bonchev–Trinajstić information content (AvgIpc) is 2.26. The minimum Gasteiger partial charge on any atom is -0.208 e. The fourth-order valence-corrected chi connectivity index (χ4v) is 3.08. The van der Waals surface area contributed by atoms with E-state index in [2.05, 4.69) is 4.72 Å². The molecule has 1 aromatic carbocycles. The molecule has 0 fully saturated rings. The van der Waals surface area contributed by atoms with Crippen molar-refractivity contribution in [2.75, 3.05) is 0 Å². The molecule has 0 saturated heterocycles. The van der Waals surface area contributed by atoms with Gasteiger partial charge in [-0.1, -0.05) is 18.5 Å². The Hall–Kier alpha value is -0.790. The third kappa shape index (κ3) is 4.09. The molecule has 0 aliphatic heterocycles. The quantitative estimate of drug-likeness (QED) is 0.925. The zero-order valence-electron chi connectivity index (χ0n) is 10.3. The van der Waals surface area contributed by atoms with Crippen LogP contribution in [0.4, 0.5) is 13.2 Å². The van der Waals surface area contributed by atoms with Gasteiger partial charge in [-0.3, -0.25) is 0 Å². The predicted octanol–water partition coefficient (Wildman–Crippen LogP) is 3.44. The van der Waals surface area contributed by atoms with Crippen LogP contribution < -0.4 is 4.72 Å². The molecule has 0 bridgehead atoms. The maximum Gasteiger partial charge on any atom is 0.417 e. The number of alkyl halides is 3. The van der Waals surface area contributed by atoms with Gasteiger partial charge in [-0.2, -0.15) is 13.2 Å². The van der Waals surface area contributed by atoms with Crippen molar-refractivity contribution in [2.45, 2.75) is 37.4 Å². The van der Waals surface area contributed by atoms with E-state index in [1.165, 1.54) is 0 Å². The van der Waals surface area contributed by atoms with Crippen LogP contribution in [-0.4, -0.2) is 14.5 Å². The summed E-state index contributed by atoms with van der Waals surface area (Å²) in [6.45, 7) is 3.29. The zero-order chi connectivity index (χ0) is 14.8. The number of sulfonamides is 1. The highest BCUT2D eigenvalue weighted by Crippen LogP contribution is 2.35. The zero-order valence-corrected chi connectivity index (χ0v) is 11.8. The van der Waals surface area contributed by atoms with Crippen LogP contribution in [0.15, 0.2) is 23.1 Å². The van der Waals surface area contributed by atoms with Crippen molar-refractivity contribution in [3.63, 3.8) is 0 Å². The van der Waals surface area contributed by atoms with Gasteiger partial charge in [0.05, 0.1) is 10.5 Å². The van der Waals surface area contributed by atoms with Crippen molar-refractivity contribution in [3.05, 3.63) is 28.8 Å². The number of halogens is 4. The summed E-state index contributed by atoms with van der Waals surface area (Å²) in [7, 11) is -4.23. The second-order valence-corrected chi connectivity index (χ2v) is 6.19. The van der Waals surface area contributed by atoms with E-state index in [-0.39, 0.29) is 5.02 Å². The molecule has 0 aliphatic carbocycles. The molecule has 8 heteroatoms. The van der Waals surface area contributed by atoms with Crippen molar-refractivity contribution >= 4 is 21.6 Å². The van der Waals surface area contributed by atoms with Crippen LogP contribution in [0.3, 0.4) is 0 Å². The normalized spacial score (nSPS) is 14.4. The van der Waals surface area contributed by atoms with Crippen molar-refractivity contribution < 1.29 is 21.6 Å². The lowest BCUT2D eigenvalue weighted by Gasteiger charge is -2.16. The Kier molecular flexibility index (Phi) is 4.86. The Labute approximate surface area is 114 Å². The summed E-state index contributed by atoms with van der Waals surface area (Å²) in [5, 5.41) is -0.171. The lowest BCUT2D eigenvalue weighted by Crippen LogP contribution is -2.33. The molecule has 0 unspecified atom stereocenters. The lowest BCUT2D eigenvalue weighted by atomic mass is 10.2. The highest BCUT2D eigenvalue weighted by atomic mass is 35.5. The van der Waals surface area contributed by atoms with Crippen molar-refractivity contribution in [3.8, 4) is 0 Å². The van der Waals surface area contributed by atoms with Gasteiger partial charge in [0.1, 0.15) is 0 Å². The third-order valence-electron chi connectivity index (χ3n) is 2.51. The monoisotopic (exact) mass is 315 g/mol. The summed E-state index contributed by atoms with van der Waals surface area (Å²) in [6.07, 6.45) is -4.32. The van der Waals surface area contributed by atoms with Crippen LogP contribution in [0.1, 0.15) is 25.8 Å². The third-order valence-corrected chi connectivity index (χ3v) is 4.39. The highest BCUT2D eigenvalue weighted by molar-refractivity contribution is 7.89. The summed E-state index contributed by atoms with van der Waals surface area (Å²) in [6, 6.07) is 2.12. The first-order valence-electron chi connectivity index (χ1n) is 5.47. The SMILES string of the molecule is CC[C@H](C)NS(=O)(=O)c1ccc(Cl)cc1C(F)(F)F. The molecule has 1 rings (SSSR count). The molecule has 19 heavy (non-hydrogen) atoms. The molecule has 0 aromatic heterocycles. The largest absolute Gasteiger partial charge is 0.417 e. The van der Waals surface area contributed by atoms with Crippen LogP contribution in [0.25, 0.3) is 0 Å². The first-order chi connectivity index (χ1) is 8.58. The Morgan fingerprint density at radius 1 is 1.37 bits per heavy atom. The molecule has 0 radical (unpaired) electrons. The van der Waals surface area contributed by atoms with E-state index >= 15 is 0 Å². The number of nitrogens with one attached hydrogen (secondary N) is 1. The second-order valence-electron chi connectivity index (χ2n) is 4.07. The molecule has 0 aliphatic rings. The smallest absolute Gasteiger partial charge is 0.208 e. The van der Waals surface area contributed by atoms with Gasteiger partial charge < -0.3 is 0 Å². The van der Waals surface area contributed by atoms with Gasteiger partial charge >= 0.3 is 6.18 Å². The summed E-state index contributed by atoms with van der Waals surface area (Å²) in [4.78, 5) is -0.815. The molecule has 1 N–H and O–H groups in total. The van der Waals surface area contributed by atoms with Gasteiger partial charge in [-0.05, 0) is 31.5 Å². The number of hydrogen-bond acceptors (Lipinski definition) is 2. The lowest BCUT2D eigenvalue weighted by molar-refractivity contribution is -0.139. The summed E-state index contributed by atoms with van der Waals surface area (Å²) in [5.41, 5.74) is -1.27. The van der Waals surface area contributed by atoms with Gasteiger partial charge in [0.15, 0.2) is 0 Å². The maximum absolute atomic E-state index is 12.8. The molecule has 3 nitrogen and oxygen atoms in total. The van der Waals surface area contributed by atoms with E-state index in [1.54, 1.807) is 13.8 Å². The van der Waals surface area contributed by atoms with Gasteiger partial charge in [0.2, 0.25) is 10.0 Å². The molecule has 0 amide bonds. The molecule has 0 spiro atoms. The Morgan fingerprint density at radius 2 is 1.95 bits per heavy atom. The predicted molar refractivity (Wildman–Crippen MR) is 66.5 cm³/mol. The summed E-state index contributed by atoms with van der Waals surface area (Å²) in [5.74, 6) is 0. The molecule has 108 valence electrons. The fraction of sp³-hybridized carbons (Fsp3) is 0.455. The van der Waals surface area contributed by atoms with Crippen LogP contribution in [0.2, 0.25) is 5.02 Å². The van der Waals surface area contributed by atoms with Crippen molar-refractivity contribution in [1.29, 1.82) is 0 Å². The Bertz CT molecular complexity index is 558. The van der Waals surface area contributed by atoms with Gasteiger partial charge in [-0.15, -0.1) is 0 Å². The van der Waals surface area contributed by atoms with Crippen LogP contribution in [-0.2, 0) is 16.2 Å². The number of benzene rings is 1. The molecular formula is C11H13ClF3NO2S. The molecule has 1 aromatic rings. The van der Waals surface area contributed by atoms with Gasteiger partial charge in [0.25, 0.3) is 0 Å². The van der Waals surface area contributed by atoms with E-state index < -0.39 is 32.7 Å². The van der Waals surface area contributed by atoms with Crippen LogP contribution in [0, 0.1) is 0 Å². The summed E-state index contributed by atoms with van der Waals surface area (Å²) >= 11 is 5.49. The topological polar surface area (TPSA) is 46.2 Å². The van der Waals surface area contributed by atoms with E-state index in [9.17, 15) is 21.6 Å². The molecule has 0 heterocycles. The second kappa shape index (κ2) is 5.68. The standard InChI is InChI=1S/C11H13ClF3NO2S/c1-3-7(2)16-19(17,18)10-5-4-8(12)6-9(10)11(13,14)15/h4-7,16H,3H2,1-2H3/t7-/m0/s1. The van der Waals surface area contributed by atoms with E-state index in [1.807, 2.05) is 0 Å². The first-order valence-corrected chi connectivity index (χ1v) is 7.33. The Balaban J connectivity index is 3.35. The van der Waals surface area contributed by atoms with E-state index in [0.29, 0.717) is 12.5 Å². The number of rotatable bonds is 4. The fourth-order valence-electron chi connectivity index (χ4n) is 1.37.